The van der Waals surface area contributed by atoms with Crippen LogP contribution in [0.4, 0.5) is 38.0 Å². The van der Waals surface area contributed by atoms with Crippen LogP contribution in [0.1, 0.15) is 83.0 Å². The van der Waals surface area contributed by atoms with E-state index in [9.17, 15) is 40.7 Å². The Morgan fingerprint density at radius 2 is 1.59 bits per heavy atom. The summed E-state index contributed by atoms with van der Waals surface area (Å²) in [5, 5.41) is 18.7. The molecule has 340 valence electrons. The third kappa shape index (κ3) is 16.9. The summed E-state index contributed by atoms with van der Waals surface area (Å²) in [5.41, 5.74) is 12.9. The molecular weight excluding hydrogens is 850 g/mol. The van der Waals surface area contributed by atoms with Gasteiger partial charge in [-0.15, -0.1) is 0 Å². The van der Waals surface area contributed by atoms with Crippen molar-refractivity contribution >= 4 is 63.9 Å². The molecule has 61 heavy (non-hydrogen) atoms. The van der Waals surface area contributed by atoms with Crippen LogP contribution >= 0.6 is 11.6 Å². The number of piperidine rings is 1. The predicted molar refractivity (Wildman–Crippen MR) is 205 cm³/mol. The number of aromatic nitrogens is 4. The number of carboxylic acid groups (broad SMARTS) is 2. The van der Waals surface area contributed by atoms with Crippen LogP contribution in [0.5, 0.6) is 5.75 Å². The molecule has 1 fully saturated rings. The number of nitrogens with two attached hydrogens (primary N) is 2. The molecule has 4 rings (SSSR count). The summed E-state index contributed by atoms with van der Waals surface area (Å²) in [6.07, 6.45) is -6.99. The minimum Gasteiger partial charge on any atom is -0.542 e. The lowest BCUT2D eigenvalue weighted by Gasteiger charge is -2.31. The van der Waals surface area contributed by atoms with Gasteiger partial charge >= 0.3 is 24.3 Å². The van der Waals surface area contributed by atoms with Crippen molar-refractivity contribution in [1.29, 1.82) is 0 Å². The molecule has 0 saturated carbocycles. The molecule has 3 heterocycles. The van der Waals surface area contributed by atoms with Gasteiger partial charge < -0.3 is 41.3 Å². The van der Waals surface area contributed by atoms with Crippen LogP contribution in [0.25, 0.3) is 11.0 Å². The lowest BCUT2D eigenvalue weighted by Crippen LogP contribution is -2.40. The smallest absolute Gasteiger partial charge is 0.490 e. The molecule has 0 aliphatic carbocycles. The molecule has 3 aromatic rings. The highest BCUT2D eigenvalue weighted by Gasteiger charge is 2.38. The molecule has 0 radical (unpaired) electrons. The summed E-state index contributed by atoms with van der Waals surface area (Å²) in [6.45, 7) is 13.8. The van der Waals surface area contributed by atoms with Gasteiger partial charge in [0, 0.05) is 18.9 Å². The first-order valence-electron chi connectivity index (χ1n) is 18.8. The number of anilines is 2. The third-order valence-electron chi connectivity index (χ3n) is 8.64. The lowest BCUT2D eigenvalue weighted by atomic mass is 9.93. The minimum atomic E-state index is -5.19. The molecule has 1 aliphatic rings. The SMILES string of the molecule is CCn1c(CNC(=O)c2nc(Cl)c(N)nc2N)[n+](CC)c2ccc(OCCCC(=O)CN3CCC(CC(=O)OC(C)(C)C)CC3)cc21.O=C(O)C(F)(F)F.O=C([O-])C(F)(F)F. The molecule has 17 nitrogen and oxygen atoms in total. The maximum atomic E-state index is 12.9. The Kier molecular flexibility index (Phi) is 19.0. The van der Waals surface area contributed by atoms with Crippen molar-refractivity contribution in [2.24, 2.45) is 5.92 Å². The van der Waals surface area contributed by atoms with E-state index in [1.165, 1.54) is 0 Å². The number of amides is 1. The van der Waals surface area contributed by atoms with Crippen molar-refractivity contribution in [3.63, 3.8) is 0 Å². The number of aryl methyl sites for hydroxylation is 2. The van der Waals surface area contributed by atoms with Crippen molar-refractivity contribution in [1.82, 2.24) is 24.8 Å². The van der Waals surface area contributed by atoms with Gasteiger partial charge in [0.05, 0.1) is 26.2 Å². The molecule has 1 amide bonds. The normalized spacial score (nSPS) is 13.6. The van der Waals surface area contributed by atoms with Crippen molar-refractivity contribution in [3.05, 3.63) is 34.9 Å². The number of benzene rings is 1. The van der Waals surface area contributed by atoms with Gasteiger partial charge in [0.15, 0.2) is 33.5 Å². The summed E-state index contributed by atoms with van der Waals surface area (Å²) in [7, 11) is 0. The number of halogens is 7. The highest BCUT2D eigenvalue weighted by atomic mass is 35.5. The number of nitrogen functional groups attached to an aromatic ring is 2. The van der Waals surface area contributed by atoms with Crippen molar-refractivity contribution in [3.8, 4) is 5.75 Å². The number of ketones is 1. The number of imidazole rings is 1. The molecular formula is C37H49ClF6N8O9. The average molecular weight is 899 g/mol. The summed E-state index contributed by atoms with van der Waals surface area (Å²) < 4.78 is 79.1. The molecule has 0 bridgehead atoms. The van der Waals surface area contributed by atoms with Crippen LogP contribution in [-0.4, -0.2) is 98.3 Å². The van der Waals surface area contributed by atoms with Crippen LogP contribution in [0, 0.1) is 5.92 Å². The van der Waals surface area contributed by atoms with E-state index >= 15 is 0 Å². The van der Waals surface area contributed by atoms with Gasteiger partial charge in [0.2, 0.25) is 0 Å². The number of nitrogens with one attached hydrogen (secondary N) is 1. The van der Waals surface area contributed by atoms with E-state index in [1.807, 2.05) is 52.8 Å². The maximum absolute atomic E-state index is 12.9. The van der Waals surface area contributed by atoms with Gasteiger partial charge in [-0.25, -0.2) is 23.9 Å². The summed E-state index contributed by atoms with van der Waals surface area (Å²) in [5.74, 6) is -4.44. The van der Waals surface area contributed by atoms with E-state index in [0.29, 0.717) is 57.2 Å². The number of hydrogen-bond donors (Lipinski definition) is 4. The van der Waals surface area contributed by atoms with Crippen LogP contribution in [0.2, 0.25) is 5.15 Å². The monoisotopic (exact) mass is 898 g/mol. The van der Waals surface area contributed by atoms with Gasteiger partial charge in [-0.2, -0.15) is 26.3 Å². The van der Waals surface area contributed by atoms with Crippen molar-refractivity contribution in [2.45, 2.75) is 104 Å². The highest BCUT2D eigenvalue weighted by molar-refractivity contribution is 6.31. The molecule has 1 aliphatic heterocycles. The zero-order valence-electron chi connectivity index (χ0n) is 34.0. The molecule has 1 aromatic carbocycles. The van der Waals surface area contributed by atoms with Crippen LogP contribution in [-0.2, 0) is 43.5 Å². The standard InChI is InChI=1S/C33H47ClN8O5.2C2HF3O2/c1-6-41-24-11-10-23(18-25(24)42(7-2)26(41)19-37-32(45)28-30(35)39-31(36)29(34)38-28)46-16-8-9-22(43)20-40-14-12-21(13-15-40)17-27(44)47-33(3,4)5;2*3-2(4,5)1(6)7/h10-11,18,21H,6-9,12-17,19-20H2,1-5H3,(H4-,35,36,37,39,45);2*(H,6,7). The van der Waals surface area contributed by atoms with Gasteiger partial charge in [-0.1, -0.05) is 11.6 Å². The van der Waals surface area contributed by atoms with Gasteiger partial charge in [-0.05, 0) is 85.0 Å². The Hall–Kier alpha value is -5.45. The number of hydrogen-bond acceptors (Lipinski definition) is 13. The Balaban J connectivity index is 0.000000784. The third-order valence-corrected chi connectivity index (χ3v) is 8.91. The minimum absolute atomic E-state index is 0.0368. The Bertz CT molecular complexity index is 1990. The van der Waals surface area contributed by atoms with Crippen LogP contribution in [0.3, 0.4) is 0 Å². The first-order chi connectivity index (χ1) is 28.2. The number of carbonyl (C=O) groups excluding carboxylic acids is 4. The number of rotatable bonds is 14. The second-order valence-electron chi connectivity index (χ2n) is 14.5. The number of alkyl halides is 6. The van der Waals surface area contributed by atoms with E-state index in [1.54, 1.807) is 0 Å². The Labute approximate surface area is 351 Å². The molecule has 1 saturated heterocycles. The maximum Gasteiger partial charge on any atom is 0.490 e. The average Bonchev–Trinajstić information content (AvgIpc) is 3.45. The zero-order valence-corrected chi connectivity index (χ0v) is 34.8. The summed E-state index contributed by atoms with van der Waals surface area (Å²) in [6, 6.07) is 5.92. The van der Waals surface area contributed by atoms with Gasteiger partial charge in [0.1, 0.15) is 29.6 Å². The number of carboxylic acids is 2. The summed E-state index contributed by atoms with van der Waals surface area (Å²) in [4.78, 5) is 65.5. The molecule has 2 aromatic heterocycles. The highest BCUT2D eigenvalue weighted by Crippen LogP contribution is 2.24. The van der Waals surface area contributed by atoms with Crippen LogP contribution in [0.15, 0.2) is 18.2 Å². The number of Topliss-reactive ketones (excluding diaryl/α,β-unsaturated/α-hetero) is 1. The molecule has 0 unspecified atom stereocenters. The number of fused-ring (bicyclic) bond motifs is 1. The predicted octanol–water partition coefficient (Wildman–Crippen LogP) is 3.61. The van der Waals surface area contributed by atoms with E-state index in [0.717, 1.165) is 42.8 Å². The zero-order chi connectivity index (χ0) is 46.5. The number of esters is 1. The van der Waals surface area contributed by atoms with Crippen molar-refractivity contribution in [2.75, 3.05) is 37.7 Å². The number of likely N-dealkylation sites (tertiary alicyclic amines) is 1. The van der Waals surface area contributed by atoms with E-state index in [4.69, 9.17) is 52.3 Å². The second kappa shape index (κ2) is 22.4. The Morgan fingerprint density at radius 1 is 1.00 bits per heavy atom. The number of ether oxygens (including phenoxy) is 2. The number of carbonyl (C=O) groups is 5. The quantitative estimate of drug-likeness (QED) is 0.0782. The van der Waals surface area contributed by atoms with E-state index in [-0.39, 0.29) is 40.8 Å². The molecule has 6 N–H and O–H groups in total. The van der Waals surface area contributed by atoms with Gasteiger partial charge in [0.25, 0.3) is 11.7 Å². The van der Waals surface area contributed by atoms with Crippen molar-refractivity contribution < 1.29 is 74.6 Å². The van der Waals surface area contributed by atoms with E-state index < -0.39 is 35.8 Å². The molecule has 0 spiro atoms. The molecule has 0 atom stereocenters. The topological polar surface area (TPSA) is 249 Å². The fourth-order valence-corrected chi connectivity index (χ4v) is 6.09. The lowest BCUT2D eigenvalue weighted by molar-refractivity contribution is -0.676. The first-order valence-corrected chi connectivity index (χ1v) is 19.1. The van der Waals surface area contributed by atoms with E-state index in [2.05, 4.69) is 29.3 Å². The van der Waals surface area contributed by atoms with Gasteiger partial charge in [-0.3, -0.25) is 19.3 Å². The summed E-state index contributed by atoms with van der Waals surface area (Å²) >= 11 is 5.96. The largest absolute Gasteiger partial charge is 0.542 e. The number of nitrogens with zero attached hydrogens (tertiary/aromatic N) is 5. The first kappa shape index (κ1) is 51.7. The number of aliphatic carboxylic acids is 2. The molecule has 24 heteroatoms. The fourth-order valence-electron chi connectivity index (χ4n) is 5.96. The fraction of sp³-hybridized carbons (Fsp3) is 0.568. The van der Waals surface area contributed by atoms with Crippen LogP contribution < -0.4 is 31.2 Å². The second-order valence-corrected chi connectivity index (χ2v) is 14.8. The Morgan fingerprint density at radius 3 is 2.10 bits per heavy atom.